The van der Waals surface area contributed by atoms with E-state index in [9.17, 15) is 18.4 Å². The fourth-order valence-corrected chi connectivity index (χ4v) is 3.02. The van der Waals surface area contributed by atoms with Gasteiger partial charge in [-0.25, -0.2) is 8.78 Å². The van der Waals surface area contributed by atoms with E-state index in [0.717, 1.165) is 12.1 Å². The van der Waals surface area contributed by atoms with Gasteiger partial charge in [0, 0.05) is 49.7 Å². The van der Waals surface area contributed by atoms with Gasteiger partial charge in [-0.2, -0.15) is 0 Å². The number of benzene rings is 1. The van der Waals surface area contributed by atoms with Crippen molar-refractivity contribution >= 4 is 11.7 Å². The molecule has 1 aromatic heterocycles. The third kappa shape index (κ3) is 2.66. The molecule has 0 bridgehead atoms. The Bertz CT molecular complexity index is 840. The largest absolute Gasteiger partial charge is 0.497 e. The molecule has 1 fully saturated rings. The first-order valence-electron chi connectivity index (χ1n) is 7.41. The van der Waals surface area contributed by atoms with Crippen LogP contribution in [0.1, 0.15) is 17.9 Å². The number of ether oxygens (including phenoxy) is 1. The van der Waals surface area contributed by atoms with Gasteiger partial charge in [0.25, 0.3) is 5.56 Å². The van der Waals surface area contributed by atoms with Crippen molar-refractivity contribution in [3.63, 3.8) is 0 Å². The summed E-state index contributed by atoms with van der Waals surface area (Å²) in [6, 6.07) is 6.76. The summed E-state index contributed by atoms with van der Waals surface area (Å²) < 4.78 is 34.7. The number of amides is 1. The molecule has 1 amide bonds. The molecule has 126 valence electrons. The molecule has 7 heteroatoms. The molecule has 5 nitrogen and oxygen atoms in total. The minimum atomic E-state index is -0.742. The summed E-state index contributed by atoms with van der Waals surface area (Å²) in [5.41, 5.74) is -0.391. The van der Waals surface area contributed by atoms with Crippen LogP contribution >= 0.6 is 0 Å². The second-order valence-corrected chi connectivity index (χ2v) is 5.69. The predicted molar refractivity (Wildman–Crippen MR) is 84.3 cm³/mol. The summed E-state index contributed by atoms with van der Waals surface area (Å²) in [5.74, 6) is -1.90. The van der Waals surface area contributed by atoms with Gasteiger partial charge in [0.1, 0.15) is 23.2 Å². The van der Waals surface area contributed by atoms with E-state index in [4.69, 9.17) is 4.74 Å². The lowest BCUT2D eigenvalue weighted by atomic mass is 9.97. The Morgan fingerprint density at radius 2 is 1.83 bits per heavy atom. The molecular weight excluding hydrogens is 318 g/mol. The van der Waals surface area contributed by atoms with E-state index < -0.39 is 17.6 Å². The monoisotopic (exact) mass is 334 g/mol. The molecule has 0 saturated carbocycles. The summed E-state index contributed by atoms with van der Waals surface area (Å²) in [6.07, 6.45) is -0.0246. The summed E-state index contributed by atoms with van der Waals surface area (Å²) in [4.78, 5) is 25.4. The van der Waals surface area contributed by atoms with Crippen LogP contribution in [0.5, 0.6) is 5.75 Å². The van der Waals surface area contributed by atoms with Crippen molar-refractivity contribution in [2.45, 2.75) is 12.3 Å². The lowest BCUT2D eigenvalue weighted by Gasteiger charge is -2.20. The van der Waals surface area contributed by atoms with Gasteiger partial charge in [-0.1, -0.05) is 6.07 Å². The smallest absolute Gasteiger partial charge is 0.251 e. The Hall–Kier alpha value is -2.70. The molecule has 1 saturated heterocycles. The zero-order chi connectivity index (χ0) is 17.4. The Morgan fingerprint density at radius 3 is 2.46 bits per heavy atom. The number of carbonyl (C=O) groups is 1. The molecule has 0 aliphatic carbocycles. The molecule has 0 radical (unpaired) electrons. The molecule has 0 N–H and O–H groups in total. The highest BCUT2D eigenvalue weighted by molar-refractivity contribution is 5.95. The number of halogens is 2. The first-order chi connectivity index (χ1) is 11.4. The summed E-state index contributed by atoms with van der Waals surface area (Å²) in [7, 11) is 2.87. The average molecular weight is 334 g/mol. The first kappa shape index (κ1) is 16.2. The quantitative estimate of drug-likeness (QED) is 0.865. The zero-order valence-electron chi connectivity index (χ0n) is 13.3. The molecule has 3 rings (SSSR count). The number of pyridine rings is 1. The Morgan fingerprint density at radius 1 is 1.17 bits per heavy atom. The average Bonchev–Trinajstić information content (AvgIpc) is 2.90. The minimum Gasteiger partial charge on any atom is -0.497 e. The molecule has 2 heterocycles. The van der Waals surface area contributed by atoms with E-state index in [2.05, 4.69) is 0 Å². The van der Waals surface area contributed by atoms with E-state index in [0.29, 0.717) is 5.82 Å². The van der Waals surface area contributed by atoms with Crippen molar-refractivity contribution in [3.8, 4) is 5.75 Å². The van der Waals surface area contributed by atoms with Crippen molar-refractivity contribution in [3.05, 3.63) is 57.9 Å². The van der Waals surface area contributed by atoms with Crippen molar-refractivity contribution in [1.82, 2.24) is 4.57 Å². The second-order valence-electron chi connectivity index (χ2n) is 5.69. The SMILES string of the molecule is COc1cc(F)c(C2CC(=O)N(c3cccc(=O)n3C)C2)c(F)c1. The minimum absolute atomic E-state index is 0.0246. The number of rotatable bonds is 3. The van der Waals surface area contributed by atoms with E-state index in [1.54, 1.807) is 19.2 Å². The van der Waals surface area contributed by atoms with Crippen LogP contribution in [-0.2, 0) is 11.8 Å². The van der Waals surface area contributed by atoms with Crippen molar-refractivity contribution in [2.75, 3.05) is 18.6 Å². The van der Waals surface area contributed by atoms with Crippen LogP contribution < -0.4 is 15.2 Å². The molecule has 24 heavy (non-hydrogen) atoms. The van der Waals surface area contributed by atoms with Crippen LogP contribution in [0.3, 0.4) is 0 Å². The Kier molecular flexibility index (Phi) is 4.09. The topological polar surface area (TPSA) is 51.5 Å². The third-order valence-corrected chi connectivity index (χ3v) is 4.26. The number of hydrogen-bond acceptors (Lipinski definition) is 3. The van der Waals surface area contributed by atoms with E-state index in [-0.39, 0.29) is 35.7 Å². The van der Waals surface area contributed by atoms with Crippen molar-refractivity contribution < 1.29 is 18.3 Å². The van der Waals surface area contributed by atoms with E-state index in [1.165, 1.54) is 22.6 Å². The van der Waals surface area contributed by atoms with Crippen molar-refractivity contribution in [1.29, 1.82) is 0 Å². The number of carbonyl (C=O) groups excluding carboxylic acids is 1. The standard InChI is InChI=1S/C17H16F2N2O3/c1-20-14(4-3-5-15(20)22)21-9-10(6-16(21)23)17-12(18)7-11(24-2)8-13(17)19/h3-5,7-8,10H,6,9H2,1-2H3. The fourth-order valence-electron chi connectivity index (χ4n) is 3.02. The van der Waals surface area contributed by atoms with Gasteiger partial charge in [-0.05, 0) is 6.07 Å². The van der Waals surface area contributed by atoms with Crippen molar-refractivity contribution in [2.24, 2.45) is 7.05 Å². The third-order valence-electron chi connectivity index (χ3n) is 4.26. The zero-order valence-corrected chi connectivity index (χ0v) is 13.3. The highest BCUT2D eigenvalue weighted by Crippen LogP contribution is 2.35. The van der Waals surface area contributed by atoms with Crippen LogP contribution in [0.4, 0.5) is 14.6 Å². The van der Waals surface area contributed by atoms with E-state index >= 15 is 0 Å². The molecule has 2 aromatic rings. The first-order valence-corrected chi connectivity index (χ1v) is 7.41. The Balaban J connectivity index is 1.96. The number of hydrogen-bond donors (Lipinski definition) is 0. The molecule has 1 aromatic carbocycles. The van der Waals surface area contributed by atoms with Gasteiger partial charge in [0.2, 0.25) is 5.91 Å². The van der Waals surface area contributed by atoms with E-state index in [1.807, 2.05) is 0 Å². The van der Waals surface area contributed by atoms with Crippen LogP contribution in [0.15, 0.2) is 35.1 Å². The van der Waals surface area contributed by atoms with Crippen LogP contribution in [0.2, 0.25) is 0 Å². The Labute approximate surface area is 137 Å². The summed E-state index contributed by atoms with van der Waals surface area (Å²) >= 11 is 0. The molecule has 1 atom stereocenters. The van der Waals surface area contributed by atoms with Crippen LogP contribution in [-0.4, -0.2) is 24.1 Å². The number of nitrogens with zero attached hydrogens (tertiary/aromatic N) is 2. The molecule has 1 aliphatic heterocycles. The van der Waals surface area contributed by atoms with Gasteiger partial charge >= 0.3 is 0 Å². The fraction of sp³-hybridized carbons (Fsp3) is 0.294. The number of anilines is 1. The maximum Gasteiger partial charge on any atom is 0.251 e. The van der Waals surface area contributed by atoms with Gasteiger partial charge < -0.3 is 4.74 Å². The molecular formula is C17H16F2N2O3. The van der Waals surface area contributed by atoms with Gasteiger partial charge in [0.05, 0.1) is 7.11 Å². The molecule has 1 aliphatic rings. The highest BCUT2D eigenvalue weighted by Gasteiger charge is 2.35. The second kappa shape index (κ2) is 6.07. The summed E-state index contributed by atoms with van der Waals surface area (Å²) in [5, 5.41) is 0. The van der Waals surface area contributed by atoms with Gasteiger partial charge in [-0.3, -0.25) is 19.1 Å². The van der Waals surface area contributed by atoms with Gasteiger partial charge in [0.15, 0.2) is 0 Å². The van der Waals surface area contributed by atoms with Crippen LogP contribution in [0.25, 0.3) is 0 Å². The normalized spacial score (nSPS) is 17.4. The van der Waals surface area contributed by atoms with Gasteiger partial charge in [-0.15, -0.1) is 0 Å². The number of methoxy groups -OCH3 is 1. The summed E-state index contributed by atoms with van der Waals surface area (Å²) in [6.45, 7) is 0.107. The molecule has 0 spiro atoms. The molecule has 1 unspecified atom stereocenters. The van der Waals surface area contributed by atoms with Crippen LogP contribution in [0, 0.1) is 11.6 Å². The predicted octanol–water partition coefficient (Wildman–Crippen LogP) is 2.19. The highest BCUT2D eigenvalue weighted by atomic mass is 19.1. The number of aromatic nitrogens is 1. The lowest BCUT2D eigenvalue weighted by Crippen LogP contribution is -2.31. The maximum atomic E-state index is 14.2. The lowest BCUT2D eigenvalue weighted by molar-refractivity contribution is -0.117. The maximum absolute atomic E-state index is 14.2.